The van der Waals surface area contributed by atoms with Gasteiger partial charge >= 0.3 is 5.97 Å². The predicted molar refractivity (Wildman–Crippen MR) is 83.4 cm³/mol. The largest absolute Gasteiger partial charge is 0.482 e. The Morgan fingerprint density at radius 2 is 1.77 bits per heavy atom. The highest BCUT2D eigenvalue weighted by atomic mass is 16.5. The number of aliphatic carboxylic acids is 1. The highest BCUT2D eigenvalue weighted by Crippen LogP contribution is 2.18. The first-order chi connectivity index (χ1) is 10.5. The van der Waals surface area contributed by atoms with E-state index in [1.54, 1.807) is 24.3 Å². The fraction of sp³-hybridized carbons (Fsp3) is 0.176. The van der Waals surface area contributed by atoms with Crippen molar-refractivity contribution in [1.82, 2.24) is 0 Å². The third-order valence-electron chi connectivity index (χ3n) is 3.12. The molecule has 1 amide bonds. The molecule has 2 N–H and O–H groups in total. The summed E-state index contributed by atoms with van der Waals surface area (Å²) in [5.74, 6) is -0.860. The average molecular weight is 299 g/mol. The lowest BCUT2D eigenvalue weighted by Crippen LogP contribution is -2.13. The molecule has 0 bridgehead atoms. The standard InChI is InChI=1S/C17H17NO4/c1-11-3-4-12(2)15(9-11)18-17(21)13-5-7-14(8-6-13)22-10-16(19)20/h3-9H,10H2,1-2H3,(H,18,21)(H,19,20). The Kier molecular flexibility index (Phi) is 4.78. The Morgan fingerprint density at radius 1 is 1.09 bits per heavy atom. The van der Waals surface area contributed by atoms with Crippen molar-refractivity contribution in [1.29, 1.82) is 0 Å². The van der Waals surface area contributed by atoms with Crippen molar-refractivity contribution in [2.24, 2.45) is 0 Å². The van der Waals surface area contributed by atoms with E-state index in [1.165, 1.54) is 0 Å². The molecule has 0 aromatic heterocycles. The van der Waals surface area contributed by atoms with Crippen LogP contribution in [0, 0.1) is 13.8 Å². The lowest BCUT2D eigenvalue weighted by molar-refractivity contribution is -0.139. The third kappa shape index (κ3) is 4.09. The molecule has 22 heavy (non-hydrogen) atoms. The summed E-state index contributed by atoms with van der Waals surface area (Å²) >= 11 is 0. The molecule has 2 aromatic carbocycles. The van der Waals surface area contributed by atoms with Gasteiger partial charge in [-0.25, -0.2) is 4.79 Å². The molecular formula is C17H17NO4. The van der Waals surface area contributed by atoms with Crippen molar-refractivity contribution in [2.45, 2.75) is 13.8 Å². The Balaban J connectivity index is 2.06. The summed E-state index contributed by atoms with van der Waals surface area (Å²) < 4.78 is 5.02. The zero-order valence-corrected chi connectivity index (χ0v) is 12.4. The van der Waals surface area contributed by atoms with Gasteiger partial charge in [0.15, 0.2) is 6.61 Å². The molecule has 0 unspecified atom stereocenters. The third-order valence-corrected chi connectivity index (χ3v) is 3.12. The topological polar surface area (TPSA) is 75.6 Å². The van der Waals surface area contributed by atoms with E-state index < -0.39 is 12.6 Å². The van der Waals surface area contributed by atoms with Gasteiger partial charge in [-0.1, -0.05) is 12.1 Å². The van der Waals surface area contributed by atoms with Gasteiger partial charge < -0.3 is 15.2 Å². The number of anilines is 1. The van der Waals surface area contributed by atoms with Gasteiger partial charge in [0.1, 0.15) is 5.75 Å². The quantitative estimate of drug-likeness (QED) is 0.890. The molecule has 114 valence electrons. The second-order valence-corrected chi connectivity index (χ2v) is 4.98. The maximum Gasteiger partial charge on any atom is 0.341 e. The highest BCUT2D eigenvalue weighted by molar-refractivity contribution is 6.04. The maximum atomic E-state index is 12.2. The summed E-state index contributed by atoms with van der Waals surface area (Å²) in [7, 11) is 0. The number of rotatable bonds is 5. The zero-order chi connectivity index (χ0) is 16.1. The van der Waals surface area contributed by atoms with Gasteiger partial charge in [-0.05, 0) is 55.3 Å². The van der Waals surface area contributed by atoms with E-state index in [9.17, 15) is 9.59 Å². The van der Waals surface area contributed by atoms with Crippen LogP contribution in [0.1, 0.15) is 21.5 Å². The van der Waals surface area contributed by atoms with E-state index in [0.29, 0.717) is 11.3 Å². The monoisotopic (exact) mass is 299 g/mol. The molecule has 0 saturated carbocycles. The fourth-order valence-electron chi connectivity index (χ4n) is 1.91. The summed E-state index contributed by atoms with van der Waals surface area (Å²) in [4.78, 5) is 22.6. The first-order valence-corrected chi connectivity index (χ1v) is 6.79. The van der Waals surface area contributed by atoms with Crippen molar-refractivity contribution >= 4 is 17.6 Å². The minimum atomic E-state index is -1.04. The predicted octanol–water partition coefficient (Wildman–Crippen LogP) is 3.02. The lowest BCUT2D eigenvalue weighted by atomic mass is 10.1. The SMILES string of the molecule is Cc1ccc(C)c(NC(=O)c2ccc(OCC(=O)O)cc2)c1. The van der Waals surface area contributed by atoms with Gasteiger partial charge in [-0.2, -0.15) is 0 Å². The Hall–Kier alpha value is -2.82. The van der Waals surface area contributed by atoms with Crippen molar-refractivity contribution in [3.8, 4) is 5.75 Å². The molecular weight excluding hydrogens is 282 g/mol. The van der Waals surface area contributed by atoms with Crippen LogP contribution in [0.25, 0.3) is 0 Å². The van der Waals surface area contributed by atoms with Gasteiger partial charge in [0.25, 0.3) is 5.91 Å². The Morgan fingerprint density at radius 3 is 2.41 bits per heavy atom. The number of carboxylic acids is 1. The van der Waals surface area contributed by atoms with E-state index in [1.807, 2.05) is 32.0 Å². The van der Waals surface area contributed by atoms with Crippen LogP contribution in [0.4, 0.5) is 5.69 Å². The number of ether oxygens (including phenoxy) is 1. The molecule has 0 saturated heterocycles. The van der Waals surface area contributed by atoms with Crippen LogP contribution >= 0.6 is 0 Å². The molecule has 0 heterocycles. The van der Waals surface area contributed by atoms with Crippen LogP contribution in [0.5, 0.6) is 5.75 Å². The summed E-state index contributed by atoms with van der Waals surface area (Å²) in [6, 6.07) is 12.2. The van der Waals surface area contributed by atoms with Crippen molar-refractivity contribution in [3.63, 3.8) is 0 Å². The number of nitrogens with one attached hydrogen (secondary N) is 1. The number of hydrogen-bond acceptors (Lipinski definition) is 3. The number of benzene rings is 2. The van der Waals surface area contributed by atoms with Crippen LogP contribution in [-0.4, -0.2) is 23.6 Å². The molecule has 0 aliphatic heterocycles. The number of carbonyl (C=O) groups excluding carboxylic acids is 1. The van der Waals surface area contributed by atoms with Crippen LogP contribution in [0.15, 0.2) is 42.5 Å². The molecule has 0 aliphatic carbocycles. The fourth-order valence-corrected chi connectivity index (χ4v) is 1.91. The van der Waals surface area contributed by atoms with Crippen LogP contribution in [0.2, 0.25) is 0 Å². The average Bonchev–Trinajstić information content (AvgIpc) is 2.49. The minimum Gasteiger partial charge on any atom is -0.482 e. The van der Waals surface area contributed by atoms with Crippen LogP contribution in [-0.2, 0) is 4.79 Å². The second kappa shape index (κ2) is 6.76. The van der Waals surface area contributed by atoms with Gasteiger partial charge in [0, 0.05) is 11.3 Å². The van der Waals surface area contributed by atoms with Crippen molar-refractivity contribution in [2.75, 3.05) is 11.9 Å². The van der Waals surface area contributed by atoms with E-state index in [2.05, 4.69) is 5.32 Å². The Bertz CT molecular complexity index is 692. The minimum absolute atomic E-state index is 0.224. The van der Waals surface area contributed by atoms with E-state index in [0.717, 1.165) is 16.8 Å². The van der Waals surface area contributed by atoms with Crippen molar-refractivity contribution in [3.05, 3.63) is 59.2 Å². The van der Waals surface area contributed by atoms with Crippen LogP contribution in [0.3, 0.4) is 0 Å². The van der Waals surface area contributed by atoms with Gasteiger partial charge in [0.05, 0.1) is 0 Å². The molecule has 0 spiro atoms. The summed E-state index contributed by atoms with van der Waals surface area (Å²) in [6.07, 6.45) is 0. The van der Waals surface area contributed by atoms with Crippen LogP contribution < -0.4 is 10.1 Å². The molecule has 2 rings (SSSR count). The first kappa shape index (κ1) is 15.6. The normalized spacial score (nSPS) is 10.1. The molecule has 5 heteroatoms. The van der Waals surface area contributed by atoms with Gasteiger partial charge in [-0.15, -0.1) is 0 Å². The number of carboxylic acid groups (broad SMARTS) is 1. The highest BCUT2D eigenvalue weighted by Gasteiger charge is 2.08. The molecule has 5 nitrogen and oxygen atoms in total. The molecule has 0 aliphatic rings. The second-order valence-electron chi connectivity index (χ2n) is 4.98. The number of carbonyl (C=O) groups is 2. The maximum absolute atomic E-state index is 12.2. The molecule has 0 radical (unpaired) electrons. The lowest BCUT2D eigenvalue weighted by Gasteiger charge is -2.10. The first-order valence-electron chi connectivity index (χ1n) is 6.79. The van der Waals surface area contributed by atoms with E-state index in [4.69, 9.17) is 9.84 Å². The molecule has 0 atom stereocenters. The zero-order valence-electron chi connectivity index (χ0n) is 12.4. The van der Waals surface area contributed by atoms with Gasteiger partial charge in [0.2, 0.25) is 0 Å². The van der Waals surface area contributed by atoms with Crippen molar-refractivity contribution < 1.29 is 19.4 Å². The number of hydrogen-bond donors (Lipinski definition) is 2. The summed E-state index contributed by atoms with van der Waals surface area (Å²) in [5.41, 5.74) is 3.30. The van der Waals surface area contributed by atoms with Gasteiger partial charge in [-0.3, -0.25) is 4.79 Å². The summed E-state index contributed by atoms with van der Waals surface area (Å²) in [5, 5.41) is 11.4. The van der Waals surface area contributed by atoms with E-state index >= 15 is 0 Å². The number of amides is 1. The van der Waals surface area contributed by atoms with E-state index in [-0.39, 0.29) is 5.91 Å². The summed E-state index contributed by atoms with van der Waals surface area (Å²) in [6.45, 7) is 3.48. The molecule has 0 fully saturated rings. The smallest absolute Gasteiger partial charge is 0.341 e. The Labute approximate surface area is 128 Å². The molecule has 2 aromatic rings. The number of aryl methyl sites for hydroxylation is 2.